The third-order valence-corrected chi connectivity index (χ3v) is 3.41. The van der Waals surface area contributed by atoms with Crippen LogP contribution in [0.3, 0.4) is 0 Å². The van der Waals surface area contributed by atoms with Gasteiger partial charge in [0.25, 0.3) is 0 Å². The number of halogens is 4. The molecule has 0 atom stereocenters. The zero-order valence-electron chi connectivity index (χ0n) is 13.7. The van der Waals surface area contributed by atoms with Gasteiger partial charge < -0.3 is 9.47 Å². The van der Waals surface area contributed by atoms with Crippen LogP contribution < -0.4 is 4.74 Å². The monoisotopic (exact) mass is 380 g/mol. The van der Waals surface area contributed by atoms with Crippen LogP contribution in [0.4, 0.5) is 17.6 Å². The summed E-state index contributed by atoms with van der Waals surface area (Å²) in [6.45, 7) is 5.71. The van der Waals surface area contributed by atoms with Gasteiger partial charge in [-0.3, -0.25) is 0 Å². The van der Waals surface area contributed by atoms with Crippen LogP contribution in [0, 0.1) is 23.3 Å². The molecule has 0 spiro atoms. The fraction of sp³-hybridized carbons (Fsp3) is 0.0526. The molecule has 0 aliphatic carbocycles. The van der Waals surface area contributed by atoms with Gasteiger partial charge in [-0.05, 0) is 12.1 Å². The first-order chi connectivity index (χ1) is 12.8. The number of carbonyl (C=O) groups excluding carboxylic acids is 2. The Morgan fingerprint density at radius 3 is 1.96 bits per heavy atom. The third-order valence-electron chi connectivity index (χ3n) is 3.41. The molecule has 0 fully saturated rings. The molecule has 0 aliphatic rings. The highest BCUT2D eigenvalue weighted by Gasteiger charge is 2.22. The lowest BCUT2D eigenvalue weighted by Gasteiger charge is -2.11. The summed E-state index contributed by atoms with van der Waals surface area (Å²) in [6.07, 6.45) is 1.60. The number of benzene rings is 2. The van der Waals surface area contributed by atoms with E-state index in [1.807, 2.05) is 0 Å². The topological polar surface area (TPSA) is 52.6 Å². The molecule has 8 heteroatoms. The molecule has 0 saturated carbocycles. The summed E-state index contributed by atoms with van der Waals surface area (Å²) >= 11 is 0. The Balaban J connectivity index is 2.41. The van der Waals surface area contributed by atoms with Gasteiger partial charge in [0, 0.05) is 28.8 Å². The number of carbonyl (C=O) groups is 2. The molecular weight excluding hydrogens is 368 g/mol. The molecule has 0 bridgehead atoms. The highest BCUT2D eigenvalue weighted by Crippen LogP contribution is 2.33. The van der Waals surface area contributed by atoms with E-state index in [0.29, 0.717) is 0 Å². The Kier molecular flexibility index (Phi) is 6.12. The van der Waals surface area contributed by atoms with Crippen molar-refractivity contribution in [3.05, 3.63) is 78.4 Å². The Bertz CT molecular complexity index is 938. The highest BCUT2D eigenvalue weighted by atomic mass is 19.2. The van der Waals surface area contributed by atoms with Gasteiger partial charge >= 0.3 is 11.9 Å². The van der Waals surface area contributed by atoms with Crippen LogP contribution in [0.5, 0.6) is 5.75 Å². The van der Waals surface area contributed by atoms with Crippen LogP contribution in [0.2, 0.25) is 0 Å². The van der Waals surface area contributed by atoms with Crippen molar-refractivity contribution in [2.45, 2.75) is 6.61 Å². The first kappa shape index (κ1) is 19.9. The quantitative estimate of drug-likeness (QED) is 0.326. The molecule has 0 radical (unpaired) electrons. The zero-order chi connectivity index (χ0) is 20.1. The van der Waals surface area contributed by atoms with Crippen LogP contribution in [0.25, 0.3) is 11.1 Å². The van der Waals surface area contributed by atoms with Gasteiger partial charge in [-0.2, -0.15) is 4.39 Å². The predicted octanol–water partition coefficient (Wildman–Crippen LogP) is 4.23. The summed E-state index contributed by atoms with van der Waals surface area (Å²) in [5, 5.41) is 0. The average molecular weight is 380 g/mol. The largest absolute Gasteiger partial charge is 0.458 e. The Labute approximate surface area is 151 Å². The molecule has 27 heavy (non-hydrogen) atoms. The lowest BCUT2D eigenvalue weighted by atomic mass is 10.0. The number of ether oxygens (including phenoxy) is 2. The van der Waals surface area contributed by atoms with E-state index < -0.39 is 58.7 Å². The summed E-state index contributed by atoms with van der Waals surface area (Å²) in [6, 6.07) is 3.89. The summed E-state index contributed by atoms with van der Waals surface area (Å²) in [7, 11) is 0. The second-order valence-corrected chi connectivity index (χ2v) is 5.08. The fourth-order valence-electron chi connectivity index (χ4n) is 2.09. The van der Waals surface area contributed by atoms with Crippen molar-refractivity contribution < 1.29 is 36.6 Å². The summed E-state index contributed by atoms with van der Waals surface area (Å²) in [5.41, 5.74) is -1.45. The molecule has 2 rings (SSSR count). The molecule has 0 saturated heterocycles. The second kappa shape index (κ2) is 8.31. The van der Waals surface area contributed by atoms with E-state index in [0.717, 1.165) is 36.4 Å². The van der Waals surface area contributed by atoms with Gasteiger partial charge in [0.2, 0.25) is 5.82 Å². The number of hydrogen-bond donors (Lipinski definition) is 0. The fourth-order valence-corrected chi connectivity index (χ4v) is 2.09. The van der Waals surface area contributed by atoms with Crippen LogP contribution >= 0.6 is 0 Å². The first-order valence-corrected chi connectivity index (χ1v) is 7.38. The lowest BCUT2D eigenvalue weighted by Crippen LogP contribution is -2.07. The average Bonchev–Trinajstić information content (AvgIpc) is 2.67. The molecule has 0 N–H and O–H groups in total. The van der Waals surface area contributed by atoms with E-state index in [4.69, 9.17) is 0 Å². The Hall–Kier alpha value is -3.42. The molecule has 2 aromatic rings. The van der Waals surface area contributed by atoms with Gasteiger partial charge in [-0.25, -0.2) is 22.8 Å². The van der Waals surface area contributed by atoms with Gasteiger partial charge in [-0.15, -0.1) is 0 Å². The molecule has 140 valence electrons. The summed E-state index contributed by atoms with van der Waals surface area (Å²) < 4.78 is 65.9. The molecule has 0 aliphatic heterocycles. The van der Waals surface area contributed by atoms with E-state index in [1.54, 1.807) is 0 Å². The summed E-state index contributed by atoms with van der Waals surface area (Å²) in [5.74, 6) is -8.51. The Morgan fingerprint density at radius 2 is 1.37 bits per heavy atom. The van der Waals surface area contributed by atoms with Gasteiger partial charge in [0.15, 0.2) is 23.2 Å². The SMILES string of the molecule is C=CC(=O)OCc1ccc(-c2ccc(OC(=O)C=C)c(F)c2F)c(F)c1F. The van der Waals surface area contributed by atoms with Gasteiger partial charge in [0.05, 0.1) is 0 Å². The normalized spacial score (nSPS) is 10.2. The van der Waals surface area contributed by atoms with Crippen molar-refractivity contribution in [1.29, 1.82) is 0 Å². The molecule has 0 amide bonds. The van der Waals surface area contributed by atoms with Crippen molar-refractivity contribution in [2.24, 2.45) is 0 Å². The van der Waals surface area contributed by atoms with Crippen molar-refractivity contribution in [3.8, 4) is 16.9 Å². The minimum atomic E-state index is -1.55. The second-order valence-electron chi connectivity index (χ2n) is 5.08. The highest BCUT2D eigenvalue weighted by molar-refractivity contribution is 5.83. The molecular formula is C19H12F4O4. The Morgan fingerprint density at radius 1 is 0.815 bits per heavy atom. The standard InChI is InChI=1S/C19H12F4O4/c1-3-14(24)26-9-10-5-6-11(17(21)16(10)20)12-7-8-13(19(23)18(12)22)27-15(25)4-2/h3-8H,1-2,9H2. The molecule has 0 unspecified atom stereocenters. The van der Waals surface area contributed by atoms with Crippen molar-refractivity contribution in [1.82, 2.24) is 0 Å². The lowest BCUT2D eigenvalue weighted by molar-refractivity contribution is -0.139. The van der Waals surface area contributed by atoms with E-state index in [2.05, 4.69) is 22.6 Å². The minimum absolute atomic E-state index is 0.302. The van der Waals surface area contributed by atoms with E-state index in [-0.39, 0.29) is 5.56 Å². The van der Waals surface area contributed by atoms with E-state index >= 15 is 0 Å². The van der Waals surface area contributed by atoms with Gasteiger partial charge in [-0.1, -0.05) is 25.3 Å². The molecule has 2 aromatic carbocycles. The predicted molar refractivity (Wildman–Crippen MR) is 87.5 cm³/mol. The number of esters is 2. The minimum Gasteiger partial charge on any atom is -0.458 e. The maximum atomic E-state index is 14.3. The van der Waals surface area contributed by atoms with Crippen LogP contribution in [0.15, 0.2) is 49.6 Å². The maximum Gasteiger partial charge on any atom is 0.335 e. The zero-order valence-corrected chi connectivity index (χ0v) is 13.7. The maximum absolute atomic E-state index is 14.3. The molecule has 4 nitrogen and oxygen atoms in total. The van der Waals surface area contributed by atoms with Crippen molar-refractivity contribution in [2.75, 3.05) is 0 Å². The summed E-state index contributed by atoms with van der Waals surface area (Å²) in [4.78, 5) is 22.1. The van der Waals surface area contributed by atoms with Crippen LogP contribution in [-0.2, 0) is 20.9 Å². The third kappa shape index (κ3) is 4.22. The number of rotatable bonds is 6. The van der Waals surface area contributed by atoms with E-state index in [1.165, 1.54) is 0 Å². The smallest absolute Gasteiger partial charge is 0.335 e. The van der Waals surface area contributed by atoms with Crippen LogP contribution in [-0.4, -0.2) is 11.9 Å². The number of hydrogen-bond acceptors (Lipinski definition) is 4. The van der Waals surface area contributed by atoms with Crippen molar-refractivity contribution >= 4 is 11.9 Å². The van der Waals surface area contributed by atoms with Crippen molar-refractivity contribution in [3.63, 3.8) is 0 Å². The first-order valence-electron chi connectivity index (χ1n) is 7.38. The molecule has 0 heterocycles. The van der Waals surface area contributed by atoms with E-state index in [9.17, 15) is 27.2 Å². The van der Waals surface area contributed by atoms with Crippen LogP contribution in [0.1, 0.15) is 5.56 Å². The van der Waals surface area contributed by atoms with Gasteiger partial charge in [0.1, 0.15) is 6.61 Å². The molecule has 0 aromatic heterocycles.